The van der Waals surface area contributed by atoms with Crippen molar-refractivity contribution in [1.82, 2.24) is 35.2 Å². The molecule has 20 nitrogen and oxygen atoms in total. The van der Waals surface area contributed by atoms with Crippen LogP contribution in [-0.2, 0) is 39.2 Å². The number of amides is 3. The topological polar surface area (TPSA) is 336 Å². The van der Waals surface area contributed by atoms with E-state index >= 15 is 0 Å². The molecule has 2 aliphatic rings. The number of H-pyrrole nitrogens is 3. The van der Waals surface area contributed by atoms with Gasteiger partial charge in [-0.1, -0.05) is 66.0 Å². The zero-order valence-electron chi connectivity index (χ0n) is 54.1. The molecule has 2 fully saturated rings. The second-order valence-electron chi connectivity index (χ2n) is 22.1. The number of nitrogens with zero attached hydrogens (tertiary/aromatic N) is 7. The summed E-state index contributed by atoms with van der Waals surface area (Å²) in [6.07, 6.45) is 5.87. The molecule has 6 aromatic carbocycles. The van der Waals surface area contributed by atoms with Crippen LogP contribution >= 0.6 is 91.8 Å². The molecule has 0 atom stereocenters. The van der Waals surface area contributed by atoms with Crippen molar-refractivity contribution in [2.75, 3.05) is 34.4 Å². The maximum atomic E-state index is 12.6. The molecule has 7 aromatic heterocycles. The average molecular weight is 1580 g/mol. The number of imidazole rings is 3. The molecule has 29 heteroatoms. The van der Waals surface area contributed by atoms with Crippen molar-refractivity contribution < 1.29 is 45.6 Å². The Morgan fingerprint density at radius 1 is 0.544 bits per heavy atom. The summed E-state index contributed by atoms with van der Waals surface area (Å²) in [6.45, 7) is 2.41. The minimum Gasteiger partial charge on any atom is -0.478 e. The van der Waals surface area contributed by atoms with Crippen LogP contribution in [0.3, 0.4) is 0 Å². The van der Waals surface area contributed by atoms with E-state index in [4.69, 9.17) is 79.2 Å². The van der Waals surface area contributed by atoms with Gasteiger partial charge in [-0.15, -0.1) is 45.3 Å². The number of piperidine rings is 2. The number of aldehydes is 1. The Morgan fingerprint density at radius 2 is 0.961 bits per heavy atom. The summed E-state index contributed by atoms with van der Waals surface area (Å²) in [5.41, 5.74) is 28.5. The summed E-state index contributed by atoms with van der Waals surface area (Å²) in [5, 5.41) is 28.9. The number of carboxylic acid groups (broad SMARTS) is 1. The minimum atomic E-state index is -0.948. The van der Waals surface area contributed by atoms with Crippen molar-refractivity contribution in [3.05, 3.63) is 233 Å². The van der Waals surface area contributed by atoms with Gasteiger partial charge in [-0.2, -0.15) is 10.5 Å². The molecule has 15 rings (SSSR count). The zero-order valence-corrected chi connectivity index (χ0v) is 61.4. The molecule has 13 aromatic rings. The van der Waals surface area contributed by atoms with Gasteiger partial charge >= 0.3 is 5.97 Å². The van der Waals surface area contributed by atoms with E-state index in [9.17, 15) is 24.0 Å². The fourth-order valence-corrected chi connectivity index (χ4v) is 14.0. The van der Waals surface area contributed by atoms with Crippen molar-refractivity contribution in [2.24, 2.45) is 5.73 Å². The summed E-state index contributed by atoms with van der Waals surface area (Å²) in [4.78, 5) is 87.6. The van der Waals surface area contributed by atoms with Crippen LogP contribution in [-0.4, -0.2) is 78.1 Å². The van der Waals surface area contributed by atoms with Gasteiger partial charge in [-0.25, -0.2) is 19.7 Å². The number of anilines is 4. The molecule has 2 saturated heterocycles. The molecule has 0 saturated carbocycles. The Balaban J connectivity index is 0.000000182. The van der Waals surface area contributed by atoms with Crippen LogP contribution in [0.4, 0.5) is 22.7 Å². The Labute approximate surface area is 640 Å². The first kappa shape index (κ1) is 80.6. The fraction of sp³-hybridized carbons (Fsp3) is 0.149. The third-order valence-corrected chi connectivity index (χ3v) is 20.1. The molecule has 9 heterocycles. The van der Waals surface area contributed by atoms with E-state index < -0.39 is 5.97 Å². The number of nitrogens with two attached hydrogens (primary N) is 3. The van der Waals surface area contributed by atoms with Gasteiger partial charge in [0.05, 0.1) is 110 Å². The first-order chi connectivity index (χ1) is 48.3. The fourth-order valence-electron chi connectivity index (χ4n) is 10.2. The predicted octanol–water partition coefficient (Wildman–Crippen LogP) is 18.5. The maximum absolute atomic E-state index is 12.6. The zero-order chi connectivity index (χ0) is 70.8. The number of carboxylic acids is 1. The maximum Gasteiger partial charge on any atom is 0.335 e. The largest absolute Gasteiger partial charge is 0.478 e. The van der Waals surface area contributed by atoms with Crippen LogP contribution in [0.2, 0.25) is 17.3 Å². The second kappa shape index (κ2) is 38.5. The van der Waals surface area contributed by atoms with Crippen molar-refractivity contribution in [3.8, 4) is 44.2 Å². The van der Waals surface area contributed by atoms with E-state index in [1.807, 2.05) is 97.1 Å². The number of carbonyl (C=O) groups excluding carboxylic acids is 4. The van der Waals surface area contributed by atoms with E-state index in [2.05, 4.69) is 41.3 Å². The first-order valence-electron chi connectivity index (χ1n) is 30.8. The summed E-state index contributed by atoms with van der Waals surface area (Å²) in [7, 11) is 0. The number of aromatic carboxylic acids is 1. The normalized spacial score (nSPS) is 12.1. The smallest absolute Gasteiger partial charge is 0.335 e. The Hall–Kier alpha value is -9.73. The predicted molar refractivity (Wildman–Crippen MR) is 417 cm³/mol. The average Bonchev–Trinajstić information content (AvgIpc) is 1.73. The number of carbonyl (C=O) groups is 5. The standard InChI is InChI=1S/C24H21ClN4O2S.C12H10ClN3S.C12H6ClN3S.C12H13NO3.C7H7N3.C5H3ClOS.CH4.CH3.Ni/c25-21-11-10-20(32-21)23-27-18-9-4-15(13-19(18)28-23)14-26-24(31)16-5-7-17(8-6-16)29-12-2-1-3-22(29)30;2*13-11-4-3-10(17-11)12-15-8-2-1-7(6-14)5-9(8)16-12;14-11-3-1-2-8-13(11)10-6-4-9(5-7-10)12(15)16;8-4-5-1-2-6(9)7(10)3-5;6-5-2-1-4(3-7)8-5;;;/h4-11,13H,1-3,12,14H2,(H,26,31)(H,27,28);1-5H,6,14H2,(H,15,16);1-5H,(H,15,16);4-7H,1-3,8H2,(H,15,16);1-3H,9-10H2;1-3H;1H4;1H3;/q;;;;;;;-1;. The van der Waals surface area contributed by atoms with Gasteiger partial charge in [0, 0.05) is 72.5 Å². The number of halogens is 4. The number of hydrogen-bond donors (Lipinski definition) is 8. The van der Waals surface area contributed by atoms with Gasteiger partial charge in [0.2, 0.25) is 11.8 Å². The number of hydrogen-bond acceptors (Lipinski definition) is 17. The van der Waals surface area contributed by atoms with E-state index in [1.165, 1.54) is 57.5 Å². The summed E-state index contributed by atoms with van der Waals surface area (Å²) in [5.74, 6) is 1.59. The summed E-state index contributed by atoms with van der Waals surface area (Å²) in [6, 6.07) is 54.6. The number of nitriles is 2. The van der Waals surface area contributed by atoms with E-state index in [1.54, 1.807) is 76.5 Å². The molecule has 0 spiro atoms. The van der Waals surface area contributed by atoms with Crippen LogP contribution < -0.4 is 32.3 Å². The molecule has 3 amide bonds. The van der Waals surface area contributed by atoms with Crippen molar-refractivity contribution in [2.45, 2.75) is 59.0 Å². The Bertz CT molecular complexity index is 5150. The minimum absolute atomic E-state index is 0. The number of nitrogen functional groups attached to an aromatic ring is 2. The number of fused-ring (bicyclic) bond motifs is 3. The first-order valence-corrected chi connectivity index (χ1v) is 35.5. The van der Waals surface area contributed by atoms with Gasteiger partial charge in [0.15, 0.2) is 6.29 Å². The molecule has 0 unspecified atom stereocenters. The van der Waals surface area contributed by atoms with Crippen LogP contribution in [0.5, 0.6) is 0 Å². The third-order valence-electron chi connectivity index (χ3n) is 15.3. The van der Waals surface area contributed by atoms with Gasteiger partial charge in [-0.05, 0) is 195 Å². The van der Waals surface area contributed by atoms with E-state index in [0.29, 0.717) is 63.2 Å². The Kier molecular flexibility index (Phi) is 30.1. The number of rotatable bonds is 11. The quantitative estimate of drug-likeness (QED) is 0.0258. The van der Waals surface area contributed by atoms with Gasteiger partial charge in [0.1, 0.15) is 17.5 Å². The molecule has 0 aliphatic carbocycles. The van der Waals surface area contributed by atoms with Crippen LogP contribution in [0.15, 0.2) is 170 Å². The van der Waals surface area contributed by atoms with Crippen LogP contribution in [0, 0.1) is 30.1 Å². The number of benzene rings is 6. The number of aromatic amines is 3. The summed E-state index contributed by atoms with van der Waals surface area (Å²) >= 11 is 29.1. The molecule has 0 bridgehead atoms. The van der Waals surface area contributed by atoms with Gasteiger partial charge in [-0.3, -0.25) is 19.2 Å². The number of thiophene rings is 4. The summed E-state index contributed by atoms with van der Waals surface area (Å²) < 4.78 is 2.88. The SMILES string of the molecule is C.N#Cc1ccc(N)c(N)c1.N#Cc1ccc2nc(-c3ccc(Cl)s3)[nH]c2c1.NCc1ccc2nc(-c3ccc(Cl)s3)[nH]c2c1.O=C(NCc1ccc2nc(-c3ccc(Cl)s3)[nH]c2c1)c1ccc(N2CCCCC2=O)cc1.O=C(O)c1ccc(N2CCCCC2=O)cc1.O=Cc1ccc(Cl)s1.[CH3-].[Ni]. The molecule has 532 valence electrons. The van der Waals surface area contributed by atoms with Crippen LogP contribution in [0.25, 0.3) is 65.2 Å². The second-order valence-corrected chi connectivity index (χ2v) is 29.0. The van der Waals surface area contributed by atoms with Crippen molar-refractivity contribution in [3.63, 3.8) is 0 Å². The number of nitrogens with one attached hydrogen (secondary N) is 4. The molecule has 103 heavy (non-hydrogen) atoms. The van der Waals surface area contributed by atoms with Crippen LogP contribution in [0.1, 0.15) is 98.6 Å². The van der Waals surface area contributed by atoms with E-state index in [-0.39, 0.29) is 54.6 Å². The molecule has 0 radical (unpaired) electrons. The van der Waals surface area contributed by atoms with Gasteiger partial charge < -0.3 is 59.8 Å². The molecule has 2 aliphatic heterocycles. The van der Waals surface area contributed by atoms with E-state index in [0.717, 1.165) is 146 Å². The Morgan fingerprint density at radius 3 is 1.36 bits per heavy atom. The van der Waals surface area contributed by atoms with Gasteiger partial charge in [0.25, 0.3) is 5.91 Å². The van der Waals surface area contributed by atoms with Crippen molar-refractivity contribution in [1.29, 1.82) is 10.5 Å². The monoisotopic (exact) mass is 1570 g/mol. The molecular weight excluding hydrogens is 1510 g/mol. The van der Waals surface area contributed by atoms with Crippen molar-refractivity contribution >= 4 is 178 Å². The molecular formula is C74H67Cl4N14NiO6S4-. The molecule has 11 N–H and O–H groups in total. The number of aromatic nitrogens is 6. The third kappa shape index (κ3) is 21.9.